The monoisotopic (exact) mass is 323 g/mol. The van der Waals surface area contributed by atoms with Crippen LogP contribution in [0.5, 0.6) is 0 Å². The Morgan fingerprint density at radius 2 is 2.05 bits per heavy atom. The molecular formula is C15H18ClN3OS. The van der Waals surface area contributed by atoms with Crippen molar-refractivity contribution in [3.05, 3.63) is 28.0 Å². The molecule has 0 atom stereocenters. The van der Waals surface area contributed by atoms with Crippen LogP contribution < -0.4 is 0 Å². The summed E-state index contributed by atoms with van der Waals surface area (Å²) in [7, 11) is 0. The number of rotatable bonds is 3. The Morgan fingerprint density at radius 1 is 1.29 bits per heavy atom. The summed E-state index contributed by atoms with van der Waals surface area (Å²) in [4.78, 5) is 17.4. The second-order valence-corrected chi connectivity index (χ2v) is 6.26. The average molecular weight is 324 g/mol. The van der Waals surface area contributed by atoms with Crippen LogP contribution in [0.1, 0.15) is 25.7 Å². The molecule has 4 nitrogen and oxygen atoms in total. The van der Waals surface area contributed by atoms with Crippen molar-refractivity contribution in [2.75, 3.05) is 13.1 Å². The largest absolute Gasteiger partial charge is 0.343 e. The lowest BCUT2D eigenvalue weighted by molar-refractivity contribution is -0.132. The van der Waals surface area contributed by atoms with Gasteiger partial charge in [0.15, 0.2) is 4.77 Å². The van der Waals surface area contributed by atoms with E-state index < -0.39 is 0 Å². The summed E-state index contributed by atoms with van der Waals surface area (Å²) in [5, 5.41) is 0.676. The third-order valence-corrected chi connectivity index (χ3v) is 4.55. The molecule has 1 aliphatic heterocycles. The highest BCUT2D eigenvalue weighted by Gasteiger charge is 2.16. The van der Waals surface area contributed by atoms with Gasteiger partial charge in [-0.15, -0.1) is 0 Å². The van der Waals surface area contributed by atoms with E-state index in [9.17, 15) is 4.79 Å². The first-order valence-electron chi connectivity index (χ1n) is 7.31. The molecule has 0 aliphatic carbocycles. The smallest absolute Gasteiger partial charge is 0.224 e. The minimum atomic E-state index is 0.222. The van der Waals surface area contributed by atoms with Crippen LogP contribution in [0, 0.1) is 4.77 Å². The number of benzene rings is 1. The maximum Gasteiger partial charge on any atom is 0.224 e. The maximum absolute atomic E-state index is 12.2. The molecule has 1 aliphatic rings. The Kier molecular flexibility index (Phi) is 4.31. The van der Waals surface area contributed by atoms with Gasteiger partial charge in [0.1, 0.15) is 0 Å². The first-order chi connectivity index (χ1) is 10.1. The zero-order valence-electron chi connectivity index (χ0n) is 11.8. The van der Waals surface area contributed by atoms with Gasteiger partial charge >= 0.3 is 0 Å². The SMILES string of the molecule is O=C(CCn1c(=S)[nH]c2cc(Cl)ccc21)N1CCCCC1. The van der Waals surface area contributed by atoms with E-state index in [4.69, 9.17) is 23.8 Å². The molecule has 1 fully saturated rings. The summed E-state index contributed by atoms with van der Waals surface area (Å²) in [6.07, 6.45) is 3.97. The lowest BCUT2D eigenvalue weighted by Gasteiger charge is -2.26. The minimum Gasteiger partial charge on any atom is -0.343 e. The number of nitrogens with zero attached hydrogens (tertiary/aromatic N) is 2. The van der Waals surface area contributed by atoms with Crippen LogP contribution in [0.15, 0.2) is 18.2 Å². The van der Waals surface area contributed by atoms with E-state index in [1.54, 1.807) is 0 Å². The normalized spacial score (nSPS) is 15.6. The zero-order valence-corrected chi connectivity index (χ0v) is 13.3. The fourth-order valence-corrected chi connectivity index (χ4v) is 3.34. The number of nitrogens with one attached hydrogen (secondary N) is 1. The molecule has 2 heterocycles. The van der Waals surface area contributed by atoms with Gasteiger partial charge in [0.05, 0.1) is 11.0 Å². The molecule has 3 rings (SSSR count). The predicted octanol–water partition coefficient (Wildman–Crippen LogP) is 3.75. The molecule has 1 N–H and O–H groups in total. The standard InChI is InChI=1S/C15H18ClN3OS/c16-11-4-5-13-12(10-11)17-15(21)19(13)9-6-14(20)18-7-2-1-3-8-18/h4-5,10H,1-3,6-9H2,(H,17,21). The number of aromatic amines is 1. The van der Waals surface area contributed by atoms with Crippen molar-refractivity contribution in [3.8, 4) is 0 Å². The Hall–Kier alpha value is -1.33. The molecule has 21 heavy (non-hydrogen) atoms. The van der Waals surface area contributed by atoms with Gasteiger partial charge in [-0.25, -0.2) is 0 Å². The third-order valence-electron chi connectivity index (χ3n) is 3.99. The topological polar surface area (TPSA) is 41.0 Å². The Labute approximate surface area is 133 Å². The zero-order chi connectivity index (χ0) is 14.8. The Morgan fingerprint density at radius 3 is 2.81 bits per heavy atom. The van der Waals surface area contributed by atoms with Crippen LogP contribution in [-0.2, 0) is 11.3 Å². The van der Waals surface area contributed by atoms with Crippen LogP contribution in [0.4, 0.5) is 0 Å². The number of imidazole rings is 1. The molecule has 112 valence electrons. The molecule has 0 radical (unpaired) electrons. The van der Waals surface area contributed by atoms with Gasteiger partial charge in [-0.1, -0.05) is 11.6 Å². The maximum atomic E-state index is 12.2. The molecule has 1 amide bonds. The van der Waals surface area contributed by atoms with Crippen LogP contribution in [0.25, 0.3) is 11.0 Å². The van der Waals surface area contributed by atoms with Crippen LogP contribution in [0.2, 0.25) is 5.02 Å². The van der Waals surface area contributed by atoms with Crippen molar-refractivity contribution < 1.29 is 4.79 Å². The number of piperidine rings is 1. The number of carbonyl (C=O) groups excluding carboxylic acids is 1. The highest BCUT2D eigenvalue weighted by molar-refractivity contribution is 7.71. The van der Waals surface area contributed by atoms with Crippen molar-refractivity contribution in [2.24, 2.45) is 0 Å². The van der Waals surface area contributed by atoms with Crippen molar-refractivity contribution >= 4 is 40.8 Å². The quantitative estimate of drug-likeness (QED) is 0.874. The van der Waals surface area contributed by atoms with Gasteiger partial charge in [0.25, 0.3) is 0 Å². The van der Waals surface area contributed by atoms with Crippen LogP contribution in [-0.4, -0.2) is 33.4 Å². The summed E-state index contributed by atoms with van der Waals surface area (Å²) in [6, 6.07) is 5.64. The fraction of sp³-hybridized carbons (Fsp3) is 0.467. The molecule has 0 saturated carbocycles. The lowest BCUT2D eigenvalue weighted by Crippen LogP contribution is -2.36. The number of aryl methyl sites for hydroxylation is 1. The van der Waals surface area contributed by atoms with E-state index in [1.165, 1.54) is 6.42 Å². The summed E-state index contributed by atoms with van der Waals surface area (Å²) < 4.78 is 2.61. The number of likely N-dealkylation sites (tertiary alicyclic amines) is 1. The second kappa shape index (κ2) is 6.20. The van der Waals surface area contributed by atoms with Gasteiger partial charge in [-0.2, -0.15) is 0 Å². The molecule has 1 aromatic heterocycles. The van der Waals surface area contributed by atoms with E-state index in [1.807, 2.05) is 27.7 Å². The number of fused-ring (bicyclic) bond motifs is 1. The van der Waals surface area contributed by atoms with E-state index in [2.05, 4.69) is 4.98 Å². The fourth-order valence-electron chi connectivity index (χ4n) is 2.87. The average Bonchev–Trinajstić information content (AvgIpc) is 2.80. The molecule has 0 spiro atoms. The number of halogens is 1. The second-order valence-electron chi connectivity index (χ2n) is 5.43. The van der Waals surface area contributed by atoms with E-state index in [0.29, 0.717) is 22.8 Å². The van der Waals surface area contributed by atoms with Crippen LogP contribution in [0.3, 0.4) is 0 Å². The molecule has 1 saturated heterocycles. The van der Waals surface area contributed by atoms with Crippen molar-refractivity contribution in [1.82, 2.24) is 14.5 Å². The summed E-state index contributed by atoms with van der Waals surface area (Å²) in [6.45, 7) is 2.40. The highest BCUT2D eigenvalue weighted by atomic mass is 35.5. The minimum absolute atomic E-state index is 0.222. The van der Waals surface area contributed by atoms with Gasteiger partial charge in [-0.05, 0) is 49.7 Å². The summed E-state index contributed by atoms with van der Waals surface area (Å²) >= 11 is 11.3. The molecule has 6 heteroatoms. The molecule has 0 unspecified atom stereocenters. The third kappa shape index (κ3) is 3.14. The number of hydrogen-bond acceptors (Lipinski definition) is 2. The van der Waals surface area contributed by atoms with Crippen LogP contribution >= 0.6 is 23.8 Å². The van der Waals surface area contributed by atoms with Gasteiger partial charge < -0.3 is 14.5 Å². The Bertz CT molecular complexity index is 715. The molecule has 0 bridgehead atoms. The number of carbonyl (C=O) groups is 1. The molecular weight excluding hydrogens is 306 g/mol. The number of aromatic nitrogens is 2. The number of H-pyrrole nitrogens is 1. The predicted molar refractivity (Wildman–Crippen MR) is 87.2 cm³/mol. The van der Waals surface area contributed by atoms with Crippen molar-refractivity contribution in [2.45, 2.75) is 32.2 Å². The number of amides is 1. The molecule has 1 aromatic carbocycles. The van der Waals surface area contributed by atoms with Crippen molar-refractivity contribution in [3.63, 3.8) is 0 Å². The first kappa shape index (κ1) is 14.6. The first-order valence-corrected chi connectivity index (χ1v) is 8.09. The Balaban J connectivity index is 1.74. The van der Waals surface area contributed by atoms with Gasteiger partial charge in [0, 0.05) is 31.1 Å². The van der Waals surface area contributed by atoms with Crippen molar-refractivity contribution in [1.29, 1.82) is 0 Å². The lowest BCUT2D eigenvalue weighted by atomic mass is 10.1. The van der Waals surface area contributed by atoms with E-state index in [0.717, 1.165) is 37.0 Å². The summed E-state index contributed by atoms with van der Waals surface area (Å²) in [5.74, 6) is 0.222. The molecule has 2 aromatic rings. The van der Waals surface area contributed by atoms with Gasteiger partial charge in [0.2, 0.25) is 5.91 Å². The van der Waals surface area contributed by atoms with E-state index >= 15 is 0 Å². The highest BCUT2D eigenvalue weighted by Crippen LogP contribution is 2.20. The van der Waals surface area contributed by atoms with Gasteiger partial charge in [-0.3, -0.25) is 4.79 Å². The summed E-state index contributed by atoms with van der Waals surface area (Å²) in [5.41, 5.74) is 1.91. The number of hydrogen-bond donors (Lipinski definition) is 1. The van der Waals surface area contributed by atoms with E-state index in [-0.39, 0.29) is 5.91 Å².